The molecular formula is C15H20. The van der Waals surface area contributed by atoms with Crippen molar-refractivity contribution in [3.05, 3.63) is 53.1 Å². The molecule has 0 nitrogen and oxygen atoms in total. The van der Waals surface area contributed by atoms with E-state index in [9.17, 15) is 0 Å². The topological polar surface area (TPSA) is 0 Å². The average molecular weight is 200 g/mol. The highest BCUT2D eigenvalue weighted by Gasteiger charge is 1.93. The predicted molar refractivity (Wildman–Crippen MR) is 68.9 cm³/mol. The molecule has 0 aliphatic rings. The van der Waals surface area contributed by atoms with Gasteiger partial charge in [-0.15, -0.1) is 0 Å². The Morgan fingerprint density at radius 3 is 2.27 bits per heavy atom. The maximum Gasteiger partial charge on any atom is -0.0254 e. The van der Waals surface area contributed by atoms with E-state index in [-0.39, 0.29) is 0 Å². The van der Waals surface area contributed by atoms with E-state index in [1.165, 1.54) is 29.5 Å². The van der Waals surface area contributed by atoms with Crippen LogP contribution in [0.3, 0.4) is 0 Å². The molecule has 0 aliphatic heterocycles. The first-order valence-electron chi connectivity index (χ1n) is 5.56. The molecule has 0 saturated heterocycles. The quantitative estimate of drug-likeness (QED) is 0.622. The van der Waals surface area contributed by atoms with Gasteiger partial charge in [0.25, 0.3) is 0 Å². The maximum absolute atomic E-state index is 3.93. The molecule has 0 aliphatic carbocycles. The minimum atomic E-state index is 1.13. The summed E-state index contributed by atoms with van der Waals surface area (Å²) in [4.78, 5) is 0. The first-order valence-corrected chi connectivity index (χ1v) is 5.56. The molecule has 1 rings (SSSR count). The summed E-state index contributed by atoms with van der Waals surface area (Å²) in [5, 5.41) is 0. The number of allylic oxidation sites excluding steroid dienone is 2. The molecule has 0 heteroatoms. The summed E-state index contributed by atoms with van der Waals surface area (Å²) in [6, 6.07) is 8.77. The summed E-state index contributed by atoms with van der Waals surface area (Å²) in [5.74, 6) is 0. The Balaban J connectivity index is 2.80. The molecule has 0 spiro atoms. The highest BCUT2D eigenvalue weighted by atomic mass is 14.0. The Labute approximate surface area is 93.3 Å². The van der Waals surface area contributed by atoms with Crippen molar-refractivity contribution in [3.63, 3.8) is 0 Å². The van der Waals surface area contributed by atoms with Crippen molar-refractivity contribution in [1.29, 1.82) is 0 Å². The summed E-state index contributed by atoms with van der Waals surface area (Å²) >= 11 is 0. The first-order chi connectivity index (χ1) is 7.13. The molecule has 1 aromatic carbocycles. The molecule has 0 atom stereocenters. The number of hydrogen-bond acceptors (Lipinski definition) is 0. The van der Waals surface area contributed by atoms with E-state index in [1.54, 1.807) is 0 Å². The second-order valence-electron chi connectivity index (χ2n) is 4.10. The average Bonchev–Trinajstić information content (AvgIpc) is 2.21. The van der Waals surface area contributed by atoms with Crippen LogP contribution < -0.4 is 0 Å². The van der Waals surface area contributed by atoms with Crippen molar-refractivity contribution in [3.8, 4) is 0 Å². The second-order valence-corrected chi connectivity index (χ2v) is 4.10. The van der Waals surface area contributed by atoms with Crippen molar-refractivity contribution in [1.82, 2.24) is 0 Å². The molecule has 0 saturated carbocycles. The Bertz CT molecular complexity index is 352. The summed E-state index contributed by atoms with van der Waals surface area (Å²) in [5.41, 5.74) is 5.06. The van der Waals surface area contributed by atoms with Gasteiger partial charge in [-0.1, -0.05) is 55.8 Å². The van der Waals surface area contributed by atoms with Crippen LogP contribution in [-0.4, -0.2) is 0 Å². The van der Waals surface area contributed by atoms with Crippen molar-refractivity contribution in [2.75, 3.05) is 0 Å². The second kappa shape index (κ2) is 5.55. The normalized spacial score (nSPS) is 11.5. The van der Waals surface area contributed by atoms with Crippen molar-refractivity contribution < 1.29 is 0 Å². The smallest absolute Gasteiger partial charge is 0.0254 e. The van der Waals surface area contributed by atoms with Crippen LogP contribution in [0.5, 0.6) is 0 Å². The fourth-order valence-corrected chi connectivity index (χ4v) is 1.44. The van der Waals surface area contributed by atoms with E-state index in [2.05, 4.69) is 50.8 Å². The van der Waals surface area contributed by atoms with E-state index in [0.717, 1.165) is 5.57 Å². The molecule has 0 N–H and O–H groups in total. The minimum Gasteiger partial charge on any atom is -0.0958 e. The molecule has 0 fully saturated rings. The third kappa shape index (κ3) is 3.75. The van der Waals surface area contributed by atoms with E-state index in [1.807, 2.05) is 6.92 Å². The van der Waals surface area contributed by atoms with Crippen LogP contribution in [0.2, 0.25) is 0 Å². The summed E-state index contributed by atoms with van der Waals surface area (Å²) in [6.45, 7) is 10.3. The molecule has 15 heavy (non-hydrogen) atoms. The minimum absolute atomic E-state index is 1.13. The monoisotopic (exact) mass is 200 g/mol. The van der Waals surface area contributed by atoms with Gasteiger partial charge in [0.1, 0.15) is 0 Å². The van der Waals surface area contributed by atoms with E-state index in [0.29, 0.717) is 0 Å². The lowest BCUT2D eigenvalue weighted by molar-refractivity contribution is 0.922. The number of benzene rings is 1. The van der Waals surface area contributed by atoms with Crippen LogP contribution in [0.25, 0.3) is 6.08 Å². The highest BCUT2D eigenvalue weighted by Crippen LogP contribution is 2.13. The van der Waals surface area contributed by atoms with E-state index < -0.39 is 0 Å². The standard InChI is InChI=1S/C15H20/c1-5-6-14-7-9-15(10-8-14)11-13(4)12(2)3/h7-11H,2,5-6H2,1,3-4H3/b13-11+. The van der Waals surface area contributed by atoms with Gasteiger partial charge in [-0.25, -0.2) is 0 Å². The van der Waals surface area contributed by atoms with Gasteiger partial charge in [0.2, 0.25) is 0 Å². The maximum atomic E-state index is 3.93. The van der Waals surface area contributed by atoms with Gasteiger partial charge in [-0.2, -0.15) is 0 Å². The lowest BCUT2D eigenvalue weighted by Crippen LogP contribution is -1.83. The van der Waals surface area contributed by atoms with Gasteiger partial charge in [-0.3, -0.25) is 0 Å². The Morgan fingerprint density at radius 1 is 1.20 bits per heavy atom. The molecule has 0 radical (unpaired) electrons. The third-order valence-electron chi connectivity index (χ3n) is 2.57. The lowest BCUT2D eigenvalue weighted by Gasteiger charge is -2.02. The van der Waals surface area contributed by atoms with Gasteiger partial charge in [0.05, 0.1) is 0 Å². The van der Waals surface area contributed by atoms with Crippen LogP contribution in [0.4, 0.5) is 0 Å². The Hall–Kier alpha value is -1.30. The molecule has 0 bridgehead atoms. The molecule has 0 amide bonds. The van der Waals surface area contributed by atoms with Crippen LogP contribution in [-0.2, 0) is 6.42 Å². The van der Waals surface area contributed by atoms with Gasteiger partial charge in [0.15, 0.2) is 0 Å². The summed E-state index contributed by atoms with van der Waals surface area (Å²) in [7, 11) is 0. The van der Waals surface area contributed by atoms with Gasteiger partial charge in [0, 0.05) is 0 Å². The zero-order chi connectivity index (χ0) is 11.3. The number of rotatable bonds is 4. The van der Waals surface area contributed by atoms with Crippen molar-refractivity contribution in [2.45, 2.75) is 33.6 Å². The van der Waals surface area contributed by atoms with E-state index in [4.69, 9.17) is 0 Å². The first kappa shape index (κ1) is 11.8. The zero-order valence-electron chi connectivity index (χ0n) is 10.0. The van der Waals surface area contributed by atoms with Crippen molar-refractivity contribution in [2.24, 2.45) is 0 Å². The van der Waals surface area contributed by atoms with Gasteiger partial charge in [-0.05, 0) is 37.0 Å². The lowest BCUT2D eigenvalue weighted by atomic mass is 10.0. The van der Waals surface area contributed by atoms with Crippen LogP contribution in [0.15, 0.2) is 42.0 Å². The fourth-order valence-electron chi connectivity index (χ4n) is 1.44. The molecule has 0 unspecified atom stereocenters. The molecule has 1 aromatic rings. The third-order valence-corrected chi connectivity index (χ3v) is 2.57. The van der Waals surface area contributed by atoms with Gasteiger partial charge < -0.3 is 0 Å². The fraction of sp³-hybridized carbons (Fsp3) is 0.333. The SMILES string of the molecule is C=C(C)/C(C)=C/c1ccc(CCC)cc1. The Kier molecular flexibility index (Phi) is 4.36. The Morgan fingerprint density at radius 2 is 1.80 bits per heavy atom. The van der Waals surface area contributed by atoms with E-state index >= 15 is 0 Å². The number of aryl methyl sites for hydroxylation is 1. The van der Waals surface area contributed by atoms with Crippen LogP contribution in [0, 0.1) is 0 Å². The summed E-state index contributed by atoms with van der Waals surface area (Å²) in [6.07, 6.45) is 4.56. The van der Waals surface area contributed by atoms with Gasteiger partial charge >= 0.3 is 0 Å². The summed E-state index contributed by atoms with van der Waals surface area (Å²) < 4.78 is 0. The molecule has 0 aromatic heterocycles. The predicted octanol–water partition coefficient (Wildman–Crippen LogP) is 4.62. The molecule has 0 heterocycles. The highest BCUT2D eigenvalue weighted by molar-refractivity contribution is 5.57. The largest absolute Gasteiger partial charge is 0.0958 e. The van der Waals surface area contributed by atoms with Crippen LogP contribution in [0.1, 0.15) is 38.3 Å². The van der Waals surface area contributed by atoms with Crippen LogP contribution >= 0.6 is 0 Å². The molecule has 80 valence electrons. The zero-order valence-corrected chi connectivity index (χ0v) is 10.0. The number of hydrogen-bond donors (Lipinski definition) is 0. The van der Waals surface area contributed by atoms with Crippen molar-refractivity contribution >= 4 is 6.08 Å². The molecular weight excluding hydrogens is 180 g/mol.